The maximum Gasteiger partial charge on any atom is 0.349 e. The number of aliphatic carboxylic acids is 1. The molecule has 2 heterocycles. The number of hydrogen-bond acceptors (Lipinski definition) is 5. The van der Waals surface area contributed by atoms with Crippen LogP contribution < -0.4 is 9.47 Å². The van der Waals surface area contributed by atoms with Crippen molar-refractivity contribution in [2.75, 3.05) is 6.07 Å². The number of carbonyl (C=O) groups is 1. The van der Waals surface area contributed by atoms with Crippen molar-refractivity contribution in [1.29, 1.82) is 0 Å². The minimum atomic E-state index is -1.18. The monoisotopic (exact) mass is 479 g/mol. The van der Waals surface area contributed by atoms with Crippen molar-refractivity contribution in [2.45, 2.75) is 39.8 Å². The summed E-state index contributed by atoms with van der Waals surface area (Å²) in [5.74, 6) is 0.516. The molecule has 4 rings (SSSR count). The normalized spacial score (nSPS) is 12.0. The quantitative estimate of drug-likeness (QED) is 0.322. The zero-order valence-electron chi connectivity index (χ0n) is 19.3. The number of fused-ring (bicyclic) bond motifs is 1. The molecule has 0 spiro atoms. The van der Waals surface area contributed by atoms with Crippen molar-refractivity contribution in [3.63, 3.8) is 0 Å². The largest absolute Gasteiger partial charge is 0.478 e. The number of ether oxygens (including phenoxy) is 2. The Morgan fingerprint density at radius 1 is 1.09 bits per heavy atom. The van der Waals surface area contributed by atoms with Crippen molar-refractivity contribution in [3.8, 4) is 11.5 Å². The fraction of sp³-hybridized carbons (Fsp3) is 0.269. The number of carboxylic acids is 1. The molecule has 0 radical (unpaired) electrons. The van der Waals surface area contributed by atoms with E-state index in [1.165, 1.54) is 0 Å². The Balaban J connectivity index is 1.69. The van der Waals surface area contributed by atoms with Crippen molar-refractivity contribution in [2.24, 2.45) is 0 Å². The first-order chi connectivity index (χ1) is 16.4. The number of benzene rings is 2. The number of nitrogens with zero attached hydrogens (tertiary/aromatic N) is 3. The first-order valence-corrected chi connectivity index (χ1v) is 11.5. The summed E-state index contributed by atoms with van der Waals surface area (Å²) in [5, 5.41) is 9.73. The maximum absolute atomic E-state index is 11.9. The second kappa shape index (κ2) is 10.1. The molecule has 2 aromatic carbocycles. The van der Waals surface area contributed by atoms with Gasteiger partial charge in [-0.15, -0.1) is 0 Å². The lowest BCUT2D eigenvalue weighted by Crippen LogP contribution is -2.18. The lowest BCUT2D eigenvalue weighted by atomic mass is 10.1. The van der Waals surface area contributed by atoms with Crippen LogP contribution in [-0.2, 0) is 17.8 Å². The van der Waals surface area contributed by atoms with Crippen LogP contribution in [0.3, 0.4) is 0 Å². The fourth-order valence-corrected chi connectivity index (χ4v) is 4.12. The summed E-state index contributed by atoms with van der Waals surface area (Å²) in [4.78, 5) is 21.4. The van der Waals surface area contributed by atoms with Gasteiger partial charge in [-0.25, -0.2) is 14.8 Å². The summed E-state index contributed by atoms with van der Waals surface area (Å²) in [7, 11) is 0. The lowest BCUT2D eigenvalue weighted by Gasteiger charge is -2.19. The van der Waals surface area contributed by atoms with Crippen LogP contribution >= 0.6 is 11.6 Å². The number of hydrogen-bond donors (Lipinski definition) is 1. The molecule has 1 N–H and O–H groups in total. The highest BCUT2D eigenvalue weighted by molar-refractivity contribution is 6.17. The molecule has 0 saturated heterocycles. The molecule has 0 aliphatic carbocycles. The number of carboxylic acid groups (broad SMARTS) is 1. The second-order valence-corrected chi connectivity index (χ2v) is 8.22. The van der Waals surface area contributed by atoms with Gasteiger partial charge in [0, 0.05) is 17.7 Å². The van der Waals surface area contributed by atoms with Crippen LogP contribution in [0, 0.1) is 13.8 Å². The van der Waals surface area contributed by atoms with E-state index < -0.39 is 12.1 Å². The third-order valence-electron chi connectivity index (χ3n) is 5.55. The van der Waals surface area contributed by atoms with Gasteiger partial charge in [0.2, 0.25) is 6.10 Å². The molecule has 0 aliphatic heterocycles. The van der Waals surface area contributed by atoms with Crippen LogP contribution in [0.2, 0.25) is 0 Å². The first kappa shape index (κ1) is 23.6. The molecular weight excluding hydrogens is 454 g/mol. The second-order valence-electron chi connectivity index (χ2n) is 8.00. The van der Waals surface area contributed by atoms with Gasteiger partial charge in [-0.2, -0.15) is 0 Å². The SMILES string of the molecule is CCc1nc2c(C)cc(C)nc2n1Cc1ccc(OC(C(=O)O)c2ccccc2)c(OCCl)c1. The van der Waals surface area contributed by atoms with Gasteiger partial charge in [-0.05, 0) is 43.2 Å². The molecule has 176 valence electrons. The zero-order valence-corrected chi connectivity index (χ0v) is 20.0. The molecule has 8 heteroatoms. The summed E-state index contributed by atoms with van der Waals surface area (Å²) in [5.41, 5.74) is 5.21. The predicted molar refractivity (Wildman–Crippen MR) is 131 cm³/mol. The maximum atomic E-state index is 11.9. The molecule has 0 aliphatic rings. The number of rotatable bonds is 9. The summed E-state index contributed by atoms with van der Waals surface area (Å²) in [6.07, 6.45) is -0.414. The number of halogens is 1. The molecule has 0 saturated carbocycles. The van der Waals surface area contributed by atoms with Gasteiger partial charge in [-0.3, -0.25) is 0 Å². The van der Waals surface area contributed by atoms with Gasteiger partial charge in [0.1, 0.15) is 11.3 Å². The van der Waals surface area contributed by atoms with Gasteiger partial charge in [0.05, 0.1) is 6.54 Å². The number of alkyl halides is 1. The smallest absolute Gasteiger partial charge is 0.349 e. The van der Waals surface area contributed by atoms with E-state index in [0.717, 1.165) is 40.2 Å². The Labute approximate surface area is 202 Å². The number of pyridine rings is 1. The average Bonchev–Trinajstić information content (AvgIpc) is 3.16. The van der Waals surface area contributed by atoms with Crippen LogP contribution in [0.25, 0.3) is 11.2 Å². The molecule has 0 bridgehead atoms. The Hall–Kier alpha value is -3.58. The number of imidazole rings is 1. The van der Waals surface area contributed by atoms with Crippen molar-refractivity contribution in [1.82, 2.24) is 14.5 Å². The molecule has 4 aromatic rings. The summed E-state index contributed by atoms with van der Waals surface area (Å²) >= 11 is 5.86. The van der Waals surface area contributed by atoms with E-state index in [1.807, 2.05) is 38.1 Å². The van der Waals surface area contributed by atoms with Crippen LogP contribution in [-0.4, -0.2) is 31.7 Å². The topological polar surface area (TPSA) is 86.5 Å². The molecule has 7 nitrogen and oxygen atoms in total. The first-order valence-electron chi connectivity index (χ1n) is 11.0. The third-order valence-corrected chi connectivity index (χ3v) is 5.66. The highest BCUT2D eigenvalue weighted by atomic mass is 35.5. The van der Waals surface area contributed by atoms with E-state index in [-0.39, 0.29) is 6.07 Å². The van der Waals surface area contributed by atoms with E-state index in [4.69, 9.17) is 31.0 Å². The minimum Gasteiger partial charge on any atom is -0.478 e. The van der Waals surface area contributed by atoms with Crippen LogP contribution in [0.5, 0.6) is 11.5 Å². The molecular formula is C26H26ClN3O4. The molecule has 0 amide bonds. The number of aryl methyl sites for hydroxylation is 3. The third kappa shape index (κ3) is 4.84. The highest BCUT2D eigenvalue weighted by Crippen LogP contribution is 2.33. The fourth-order valence-electron chi connectivity index (χ4n) is 4.00. The van der Waals surface area contributed by atoms with Gasteiger partial charge < -0.3 is 19.1 Å². The molecule has 34 heavy (non-hydrogen) atoms. The van der Waals surface area contributed by atoms with E-state index >= 15 is 0 Å². The predicted octanol–water partition coefficient (Wildman–Crippen LogP) is 5.44. The summed E-state index contributed by atoms with van der Waals surface area (Å²) < 4.78 is 13.6. The van der Waals surface area contributed by atoms with E-state index in [9.17, 15) is 9.90 Å². The molecule has 1 unspecified atom stereocenters. The summed E-state index contributed by atoms with van der Waals surface area (Å²) in [6, 6.07) is 16.1. The average molecular weight is 480 g/mol. The number of aromatic nitrogens is 3. The van der Waals surface area contributed by atoms with Gasteiger partial charge >= 0.3 is 5.97 Å². The Morgan fingerprint density at radius 3 is 2.53 bits per heavy atom. The van der Waals surface area contributed by atoms with Gasteiger partial charge in [0.25, 0.3) is 0 Å². The molecule has 0 fully saturated rings. The Morgan fingerprint density at radius 2 is 1.85 bits per heavy atom. The highest BCUT2D eigenvalue weighted by Gasteiger charge is 2.24. The molecule has 2 aromatic heterocycles. The van der Waals surface area contributed by atoms with E-state index in [1.54, 1.807) is 30.3 Å². The van der Waals surface area contributed by atoms with Crippen LogP contribution in [0.4, 0.5) is 0 Å². The lowest BCUT2D eigenvalue weighted by molar-refractivity contribution is -0.145. The zero-order chi connectivity index (χ0) is 24.2. The van der Waals surface area contributed by atoms with Crippen molar-refractivity contribution in [3.05, 3.63) is 82.8 Å². The summed E-state index contributed by atoms with van der Waals surface area (Å²) in [6.45, 7) is 6.60. The minimum absolute atomic E-state index is 0.100. The van der Waals surface area contributed by atoms with E-state index in [0.29, 0.717) is 23.6 Å². The van der Waals surface area contributed by atoms with Crippen molar-refractivity contribution >= 4 is 28.7 Å². The van der Waals surface area contributed by atoms with Crippen LogP contribution in [0.1, 0.15) is 41.2 Å². The standard InChI is InChI=1S/C26H26ClN3O4/c1-4-22-29-23-16(2)12-17(3)28-25(23)30(22)14-18-10-11-20(21(13-18)33-15-27)34-24(26(31)32)19-8-6-5-7-9-19/h5-13,24H,4,14-15H2,1-3H3,(H,31,32). The van der Waals surface area contributed by atoms with Gasteiger partial charge in [0.15, 0.2) is 23.2 Å². The molecule has 1 atom stereocenters. The Bertz CT molecular complexity index is 1320. The van der Waals surface area contributed by atoms with Gasteiger partial charge in [-0.1, -0.05) is 54.9 Å². The van der Waals surface area contributed by atoms with Crippen molar-refractivity contribution < 1.29 is 19.4 Å². The van der Waals surface area contributed by atoms with E-state index in [2.05, 4.69) is 11.5 Å². The Kier molecular flexibility index (Phi) is 7.03. The van der Waals surface area contributed by atoms with Crippen LogP contribution in [0.15, 0.2) is 54.6 Å².